The molecule has 0 aromatic rings. The molecular weight excluding hydrogens is 268 g/mol. The molecule has 2 bridgehead atoms. The van der Waals surface area contributed by atoms with Crippen molar-refractivity contribution in [3.8, 4) is 0 Å². The number of allylic oxidation sites excluding steroid dienone is 2. The Morgan fingerprint density at radius 1 is 1.24 bits per heavy atom. The fourth-order valence-corrected chi connectivity index (χ4v) is 3.82. The smallest absolute Gasteiger partial charge is 0.345 e. The molecule has 0 saturated heterocycles. The van der Waals surface area contributed by atoms with Gasteiger partial charge in [-0.15, -0.1) is 6.58 Å². The summed E-state index contributed by atoms with van der Waals surface area (Å²) in [7, 11) is 0. The quantitative estimate of drug-likeness (QED) is 0.248. The number of hydrogen-bond acceptors (Lipinski definition) is 4. The van der Waals surface area contributed by atoms with Gasteiger partial charge in [-0.3, -0.25) is 0 Å². The molecule has 0 amide bonds. The van der Waals surface area contributed by atoms with Crippen LogP contribution in [-0.4, -0.2) is 25.2 Å². The summed E-state index contributed by atoms with van der Waals surface area (Å²) in [6.07, 6.45) is 8.05. The molecule has 2 aliphatic carbocycles. The highest BCUT2D eigenvalue weighted by Gasteiger charge is 2.50. The Bertz CT molecular complexity index is 445. The Labute approximate surface area is 126 Å². The van der Waals surface area contributed by atoms with Gasteiger partial charge in [-0.05, 0) is 56.8 Å². The van der Waals surface area contributed by atoms with Crippen molar-refractivity contribution in [3.63, 3.8) is 0 Å². The number of rotatable bonds is 6. The van der Waals surface area contributed by atoms with Gasteiger partial charge in [-0.2, -0.15) is 0 Å². The van der Waals surface area contributed by atoms with Crippen LogP contribution in [0.3, 0.4) is 0 Å². The Kier molecular flexibility index (Phi) is 4.86. The van der Waals surface area contributed by atoms with Crippen LogP contribution in [0.15, 0.2) is 24.3 Å². The zero-order valence-electron chi connectivity index (χ0n) is 12.9. The van der Waals surface area contributed by atoms with Crippen molar-refractivity contribution in [2.24, 2.45) is 17.3 Å². The Morgan fingerprint density at radius 2 is 1.86 bits per heavy atom. The van der Waals surface area contributed by atoms with E-state index < -0.39 is 11.9 Å². The predicted octanol–water partition coefficient (Wildman–Crippen LogP) is 3.03. The van der Waals surface area contributed by atoms with E-state index in [0.29, 0.717) is 11.8 Å². The second-order valence-corrected chi connectivity index (χ2v) is 5.92. The van der Waals surface area contributed by atoms with E-state index in [1.165, 1.54) is 0 Å². The number of hydrogen-bond donors (Lipinski definition) is 0. The lowest BCUT2D eigenvalue weighted by Gasteiger charge is -2.30. The van der Waals surface area contributed by atoms with E-state index in [-0.39, 0.29) is 24.2 Å². The summed E-state index contributed by atoms with van der Waals surface area (Å²) in [4.78, 5) is 24.2. The molecule has 2 rings (SSSR count). The van der Waals surface area contributed by atoms with E-state index in [2.05, 4.69) is 6.58 Å². The highest BCUT2D eigenvalue weighted by Crippen LogP contribution is 2.59. The minimum absolute atomic E-state index is 0.0492. The summed E-state index contributed by atoms with van der Waals surface area (Å²) >= 11 is 0. The first-order valence-electron chi connectivity index (χ1n) is 7.76. The van der Waals surface area contributed by atoms with Crippen molar-refractivity contribution in [1.82, 2.24) is 0 Å². The van der Waals surface area contributed by atoms with Crippen LogP contribution in [0.1, 0.15) is 39.5 Å². The summed E-state index contributed by atoms with van der Waals surface area (Å²) in [6, 6.07) is 0. The lowest BCUT2D eigenvalue weighted by Crippen LogP contribution is -2.26. The van der Waals surface area contributed by atoms with Gasteiger partial charge in [-0.1, -0.05) is 12.2 Å². The zero-order valence-corrected chi connectivity index (χ0v) is 12.9. The Morgan fingerprint density at radius 3 is 2.33 bits per heavy atom. The average Bonchev–Trinajstić information content (AvgIpc) is 3.02. The van der Waals surface area contributed by atoms with Gasteiger partial charge >= 0.3 is 11.9 Å². The van der Waals surface area contributed by atoms with Gasteiger partial charge in [0.1, 0.15) is 5.57 Å². The molecule has 3 atom stereocenters. The van der Waals surface area contributed by atoms with Gasteiger partial charge < -0.3 is 9.47 Å². The maximum atomic E-state index is 12.1. The van der Waals surface area contributed by atoms with Crippen LogP contribution >= 0.6 is 0 Å². The van der Waals surface area contributed by atoms with E-state index in [0.717, 1.165) is 25.7 Å². The maximum Gasteiger partial charge on any atom is 0.345 e. The molecule has 2 saturated carbocycles. The summed E-state index contributed by atoms with van der Waals surface area (Å²) in [5.74, 6) is -0.156. The molecule has 4 nitrogen and oxygen atoms in total. The lowest BCUT2D eigenvalue weighted by atomic mass is 9.74. The monoisotopic (exact) mass is 292 g/mol. The predicted molar refractivity (Wildman–Crippen MR) is 79.4 cm³/mol. The third-order valence-corrected chi connectivity index (χ3v) is 4.72. The van der Waals surface area contributed by atoms with E-state index >= 15 is 0 Å². The molecule has 0 radical (unpaired) electrons. The highest BCUT2D eigenvalue weighted by molar-refractivity contribution is 6.14. The Balaban J connectivity index is 2.32. The molecule has 0 aromatic heterocycles. The van der Waals surface area contributed by atoms with Crippen LogP contribution in [-0.2, 0) is 19.1 Å². The van der Waals surface area contributed by atoms with Crippen molar-refractivity contribution in [3.05, 3.63) is 24.3 Å². The summed E-state index contributed by atoms with van der Waals surface area (Å²) < 4.78 is 10.0. The minimum Gasteiger partial charge on any atom is -0.462 e. The fraction of sp³-hybridized carbons (Fsp3) is 0.647. The van der Waals surface area contributed by atoms with Crippen molar-refractivity contribution >= 4 is 11.9 Å². The van der Waals surface area contributed by atoms with Crippen LogP contribution in [0.2, 0.25) is 0 Å². The molecule has 0 heterocycles. The summed E-state index contributed by atoms with van der Waals surface area (Å²) in [5.41, 5.74) is -0.0746. The van der Waals surface area contributed by atoms with Crippen molar-refractivity contribution in [1.29, 1.82) is 0 Å². The fourth-order valence-electron chi connectivity index (χ4n) is 3.82. The molecule has 2 aliphatic rings. The van der Waals surface area contributed by atoms with E-state index in [9.17, 15) is 9.59 Å². The molecule has 0 spiro atoms. The van der Waals surface area contributed by atoms with E-state index in [4.69, 9.17) is 9.47 Å². The normalized spacial score (nSPS) is 29.8. The average molecular weight is 292 g/mol. The van der Waals surface area contributed by atoms with Gasteiger partial charge in [0.25, 0.3) is 0 Å². The van der Waals surface area contributed by atoms with Crippen molar-refractivity contribution in [2.45, 2.75) is 39.5 Å². The van der Waals surface area contributed by atoms with Crippen LogP contribution in [0.5, 0.6) is 0 Å². The first kappa shape index (κ1) is 15.8. The summed E-state index contributed by atoms with van der Waals surface area (Å²) in [5, 5.41) is 0. The molecule has 2 fully saturated rings. The third-order valence-electron chi connectivity index (χ3n) is 4.72. The zero-order chi connectivity index (χ0) is 15.5. The minimum atomic E-state index is -0.580. The number of carbonyl (C=O) groups excluding carboxylic acids is 2. The molecule has 0 aliphatic heterocycles. The molecular formula is C17H24O4. The lowest BCUT2D eigenvalue weighted by molar-refractivity contribution is -0.146. The van der Waals surface area contributed by atoms with Gasteiger partial charge in [0, 0.05) is 0 Å². The first-order valence-corrected chi connectivity index (χ1v) is 7.76. The molecule has 0 N–H and O–H groups in total. The van der Waals surface area contributed by atoms with E-state index in [1.807, 2.05) is 12.2 Å². The second kappa shape index (κ2) is 6.46. The molecule has 4 heteroatoms. The highest BCUT2D eigenvalue weighted by atomic mass is 16.6. The van der Waals surface area contributed by atoms with E-state index in [1.54, 1.807) is 13.8 Å². The second-order valence-electron chi connectivity index (χ2n) is 5.92. The number of carbonyl (C=O) groups is 2. The maximum absolute atomic E-state index is 12.1. The van der Waals surface area contributed by atoms with Gasteiger partial charge in [0.05, 0.1) is 13.2 Å². The van der Waals surface area contributed by atoms with Crippen molar-refractivity contribution < 1.29 is 19.1 Å². The molecule has 116 valence electrons. The largest absolute Gasteiger partial charge is 0.462 e. The molecule has 3 unspecified atom stereocenters. The number of ether oxygens (including phenoxy) is 2. The van der Waals surface area contributed by atoms with Crippen LogP contribution < -0.4 is 0 Å². The molecule has 21 heavy (non-hydrogen) atoms. The van der Waals surface area contributed by atoms with Crippen molar-refractivity contribution in [2.75, 3.05) is 13.2 Å². The van der Waals surface area contributed by atoms with Crippen LogP contribution in [0.4, 0.5) is 0 Å². The standard InChI is InChI=1S/C17H24O4/c1-4-13-9-12-7-8-17(13,10-12)11-14(15(18)20-5-2)16(19)21-6-3/h4,11-13H,1,5-10H2,2-3H3. The van der Waals surface area contributed by atoms with Gasteiger partial charge in [0.2, 0.25) is 0 Å². The first-order chi connectivity index (χ1) is 10.1. The van der Waals surface area contributed by atoms with Gasteiger partial charge in [0.15, 0.2) is 0 Å². The Hall–Kier alpha value is -1.58. The molecule has 0 aromatic carbocycles. The topological polar surface area (TPSA) is 52.6 Å². The van der Waals surface area contributed by atoms with Crippen LogP contribution in [0.25, 0.3) is 0 Å². The SMILES string of the molecule is C=CC1CC2CCC1(C=C(C(=O)OCC)C(=O)OCC)C2. The summed E-state index contributed by atoms with van der Waals surface area (Å²) in [6.45, 7) is 7.86. The number of esters is 2. The third kappa shape index (κ3) is 3.04. The van der Waals surface area contributed by atoms with Crippen LogP contribution in [0, 0.1) is 17.3 Å². The van der Waals surface area contributed by atoms with Gasteiger partial charge in [-0.25, -0.2) is 9.59 Å². The number of fused-ring (bicyclic) bond motifs is 2.